The molecule has 1 saturated heterocycles. The first-order valence-corrected chi connectivity index (χ1v) is 7.15. The summed E-state index contributed by atoms with van der Waals surface area (Å²) in [4.78, 5) is 36.7. The van der Waals surface area contributed by atoms with Crippen molar-refractivity contribution in [3.8, 4) is 0 Å². The third-order valence-electron chi connectivity index (χ3n) is 3.99. The van der Waals surface area contributed by atoms with Gasteiger partial charge >= 0.3 is 11.9 Å². The van der Waals surface area contributed by atoms with E-state index in [4.69, 9.17) is 9.47 Å². The quantitative estimate of drug-likeness (QED) is 0.768. The monoisotopic (exact) mass is 316 g/mol. The van der Waals surface area contributed by atoms with Gasteiger partial charge in [0.2, 0.25) is 5.91 Å². The van der Waals surface area contributed by atoms with E-state index in [9.17, 15) is 14.4 Å². The number of hydrogen-bond donors (Lipinski definition) is 0. The van der Waals surface area contributed by atoms with Gasteiger partial charge in [0.05, 0.1) is 25.8 Å². The van der Waals surface area contributed by atoms with Crippen molar-refractivity contribution in [2.75, 3.05) is 20.8 Å². The van der Waals surface area contributed by atoms with E-state index in [0.717, 1.165) is 5.56 Å². The van der Waals surface area contributed by atoms with Crippen LogP contribution in [0.15, 0.2) is 41.6 Å². The third kappa shape index (κ3) is 2.29. The Morgan fingerprint density at radius 3 is 2.35 bits per heavy atom. The number of carbonyl (C=O) groups is 3. The zero-order chi connectivity index (χ0) is 16.6. The van der Waals surface area contributed by atoms with Crippen molar-refractivity contribution in [1.29, 1.82) is 0 Å². The summed E-state index contributed by atoms with van der Waals surface area (Å²) in [7, 11) is 2.46. The fourth-order valence-corrected chi connectivity index (χ4v) is 3.04. The Kier molecular flexibility index (Phi) is 3.87. The summed E-state index contributed by atoms with van der Waals surface area (Å²) in [5.74, 6) is -1.63. The lowest BCUT2D eigenvalue weighted by atomic mass is 9.97. The molecule has 0 aromatic heterocycles. The van der Waals surface area contributed by atoms with Crippen LogP contribution in [0.25, 0.3) is 0 Å². The molecule has 2 aliphatic rings. The number of fused-ring (bicyclic) bond motifs is 1. The van der Waals surface area contributed by atoms with E-state index in [-0.39, 0.29) is 23.6 Å². The first-order valence-electron chi connectivity index (χ1n) is 7.15. The molecule has 0 saturated carbocycles. The SMILES string of the molecule is COC(=O)C1=C(C(=O)OC)N2C(=O)CCN2[C@H]1c1ccccc1. The van der Waals surface area contributed by atoms with E-state index in [1.54, 1.807) is 5.01 Å². The molecule has 1 amide bonds. The van der Waals surface area contributed by atoms with E-state index in [0.29, 0.717) is 6.54 Å². The fourth-order valence-electron chi connectivity index (χ4n) is 3.04. The van der Waals surface area contributed by atoms with E-state index in [2.05, 4.69) is 0 Å². The molecule has 7 heteroatoms. The number of hydrazine groups is 1. The second-order valence-electron chi connectivity index (χ2n) is 5.18. The van der Waals surface area contributed by atoms with Crippen LogP contribution in [0.2, 0.25) is 0 Å². The molecule has 1 aromatic carbocycles. The lowest BCUT2D eigenvalue weighted by molar-refractivity contribution is -0.145. The van der Waals surface area contributed by atoms with E-state index < -0.39 is 18.0 Å². The van der Waals surface area contributed by atoms with Gasteiger partial charge in [-0.25, -0.2) is 19.6 Å². The van der Waals surface area contributed by atoms with Crippen molar-refractivity contribution in [1.82, 2.24) is 10.0 Å². The van der Waals surface area contributed by atoms with E-state index >= 15 is 0 Å². The molecule has 0 unspecified atom stereocenters. The highest BCUT2D eigenvalue weighted by atomic mass is 16.5. The minimum atomic E-state index is -0.732. The average Bonchev–Trinajstić information content (AvgIpc) is 3.12. The van der Waals surface area contributed by atoms with Crippen molar-refractivity contribution in [2.45, 2.75) is 12.5 Å². The molecule has 0 bridgehead atoms. The van der Waals surface area contributed by atoms with Crippen LogP contribution in [0.3, 0.4) is 0 Å². The molecular weight excluding hydrogens is 300 g/mol. The maximum Gasteiger partial charge on any atom is 0.356 e. The highest BCUT2D eigenvalue weighted by molar-refractivity contribution is 6.05. The van der Waals surface area contributed by atoms with Crippen molar-refractivity contribution >= 4 is 17.8 Å². The standard InChI is InChI=1S/C16H16N2O5/c1-22-15(20)12-13(10-6-4-3-5-7-10)17-9-8-11(19)18(17)14(12)16(21)23-2/h3-7,13H,8-9H2,1-2H3/t13-/m0/s1. The molecule has 1 aromatic rings. The Hall–Kier alpha value is -2.67. The molecule has 0 radical (unpaired) electrons. The molecule has 23 heavy (non-hydrogen) atoms. The summed E-state index contributed by atoms with van der Waals surface area (Å²) >= 11 is 0. The second kappa shape index (κ2) is 5.85. The lowest BCUT2D eigenvalue weighted by Crippen LogP contribution is -2.37. The normalized spacial score (nSPS) is 20.7. The van der Waals surface area contributed by atoms with Crippen molar-refractivity contribution in [3.05, 3.63) is 47.2 Å². The molecule has 7 nitrogen and oxygen atoms in total. The van der Waals surface area contributed by atoms with Gasteiger partial charge in [-0.05, 0) is 5.56 Å². The summed E-state index contributed by atoms with van der Waals surface area (Å²) in [6, 6.07) is 8.66. The van der Waals surface area contributed by atoms with Crippen LogP contribution in [-0.2, 0) is 23.9 Å². The molecule has 0 N–H and O–H groups in total. The predicted molar refractivity (Wildman–Crippen MR) is 78.4 cm³/mol. The van der Waals surface area contributed by atoms with Crippen LogP contribution in [-0.4, -0.2) is 48.6 Å². The Labute approximate surface area is 133 Å². The summed E-state index contributed by atoms with van der Waals surface area (Å²) in [6.45, 7) is 0.416. The number of ether oxygens (including phenoxy) is 2. The predicted octanol–water partition coefficient (Wildman–Crippen LogP) is 0.791. The summed E-state index contributed by atoms with van der Waals surface area (Å²) in [5, 5.41) is 2.95. The maximum atomic E-state index is 12.3. The number of rotatable bonds is 3. The van der Waals surface area contributed by atoms with Gasteiger partial charge in [0, 0.05) is 13.0 Å². The molecule has 1 fully saturated rings. The van der Waals surface area contributed by atoms with Gasteiger partial charge in [-0.1, -0.05) is 30.3 Å². The maximum absolute atomic E-state index is 12.3. The fraction of sp³-hybridized carbons (Fsp3) is 0.312. The molecular formula is C16H16N2O5. The number of nitrogens with zero attached hydrogens (tertiary/aromatic N) is 2. The van der Waals surface area contributed by atoms with Crippen molar-refractivity contribution in [3.63, 3.8) is 0 Å². The van der Waals surface area contributed by atoms with Crippen LogP contribution in [0.4, 0.5) is 0 Å². The minimum absolute atomic E-state index is 0.0595. The highest BCUT2D eigenvalue weighted by Crippen LogP contribution is 2.43. The zero-order valence-electron chi connectivity index (χ0n) is 12.8. The van der Waals surface area contributed by atoms with Crippen LogP contribution in [0.5, 0.6) is 0 Å². The van der Waals surface area contributed by atoms with Gasteiger partial charge in [-0.15, -0.1) is 0 Å². The lowest BCUT2D eigenvalue weighted by Gasteiger charge is -2.26. The number of benzene rings is 1. The summed E-state index contributed by atoms with van der Waals surface area (Å²) < 4.78 is 9.62. The molecule has 120 valence electrons. The Balaban J connectivity index is 2.20. The van der Waals surface area contributed by atoms with Crippen molar-refractivity contribution < 1.29 is 23.9 Å². The Morgan fingerprint density at radius 1 is 1.09 bits per heavy atom. The molecule has 1 atom stereocenters. The molecule has 0 spiro atoms. The molecule has 2 aliphatic heterocycles. The first kappa shape index (κ1) is 15.2. The van der Waals surface area contributed by atoms with Crippen LogP contribution in [0.1, 0.15) is 18.0 Å². The smallest absolute Gasteiger partial charge is 0.356 e. The summed E-state index contributed by atoms with van der Waals surface area (Å²) in [6.07, 6.45) is 0.276. The molecule has 0 aliphatic carbocycles. The van der Waals surface area contributed by atoms with E-state index in [1.165, 1.54) is 19.2 Å². The van der Waals surface area contributed by atoms with Gasteiger partial charge in [0.1, 0.15) is 0 Å². The third-order valence-corrected chi connectivity index (χ3v) is 3.99. The van der Waals surface area contributed by atoms with Gasteiger partial charge < -0.3 is 9.47 Å². The molecule has 3 rings (SSSR count). The van der Waals surface area contributed by atoms with Crippen molar-refractivity contribution in [2.24, 2.45) is 0 Å². The van der Waals surface area contributed by atoms with E-state index in [1.807, 2.05) is 30.3 Å². The van der Waals surface area contributed by atoms with Gasteiger partial charge in [-0.3, -0.25) is 4.79 Å². The minimum Gasteiger partial charge on any atom is -0.466 e. The Morgan fingerprint density at radius 2 is 1.74 bits per heavy atom. The first-order chi connectivity index (χ1) is 11.1. The number of methoxy groups -OCH3 is 2. The topological polar surface area (TPSA) is 76.2 Å². The zero-order valence-corrected chi connectivity index (χ0v) is 12.8. The number of esters is 2. The van der Waals surface area contributed by atoms with Crippen LogP contribution >= 0.6 is 0 Å². The largest absolute Gasteiger partial charge is 0.466 e. The average molecular weight is 316 g/mol. The number of hydrogen-bond acceptors (Lipinski definition) is 6. The van der Waals surface area contributed by atoms with Gasteiger partial charge in [-0.2, -0.15) is 0 Å². The van der Waals surface area contributed by atoms with Gasteiger partial charge in [0.15, 0.2) is 5.70 Å². The van der Waals surface area contributed by atoms with Gasteiger partial charge in [0.25, 0.3) is 0 Å². The molecule has 2 heterocycles. The van der Waals surface area contributed by atoms with Crippen LogP contribution in [0, 0.1) is 0 Å². The number of amides is 1. The second-order valence-corrected chi connectivity index (χ2v) is 5.18. The Bertz CT molecular complexity index is 698. The highest BCUT2D eigenvalue weighted by Gasteiger charge is 2.51. The van der Waals surface area contributed by atoms with Crippen LogP contribution < -0.4 is 0 Å². The number of carbonyl (C=O) groups excluding carboxylic acids is 3. The summed E-state index contributed by atoms with van der Waals surface area (Å²) in [5.41, 5.74) is 0.862.